The Morgan fingerprint density at radius 1 is 1.40 bits per heavy atom. The monoisotopic (exact) mass is 272 g/mol. The van der Waals surface area contributed by atoms with Crippen molar-refractivity contribution in [3.8, 4) is 0 Å². The van der Waals surface area contributed by atoms with Crippen LogP contribution in [0.4, 0.5) is 0 Å². The predicted molar refractivity (Wildman–Crippen MR) is 57.5 cm³/mol. The molecule has 0 heterocycles. The van der Waals surface area contributed by atoms with E-state index in [0.29, 0.717) is 6.61 Å². The molecule has 10 heavy (non-hydrogen) atoms. The molecular formula is C7H17IOSi. The van der Waals surface area contributed by atoms with E-state index in [1.165, 1.54) is 6.42 Å². The first-order chi connectivity index (χ1) is 4.48. The van der Waals surface area contributed by atoms with Crippen molar-refractivity contribution in [1.82, 2.24) is 0 Å². The molecule has 0 saturated carbocycles. The molecule has 0 aliphatic heterocycles. The summed E-state index contributed by atoms with van der Waals surface area (Å²) in [5, 5.41) is 8.59. The lowest BCUT2D eigenvalue weighted by molar-refractivity contribution is 0.286. The highest BCUT2D eigenvalue weighted by Gasteiger charge is 2.22. The summed E-state index contributed by atoms with van der Waals surface area (Å²) in [5.74, 6) is 0. The summed E-state index contributed by atoms with van der Waals surface area (Å²) < 4.78 is 0.817. The van der Waals surface area contributed by atoms with Crippen LogP contribution in [0.3, 0.4) is 0 Å². The Morgan fingerprint density at radius 2 is 1.90 bits per heavy atom. The number of hydrogen-bond acceptors (Lipinski definition) is 1. The number of aliphatic hydroxyl groups is 1. The van der Waals surface area contributed by atoms with Crippen LogP contribution < -0.4 is 0 Å². The summed E-state index contributed by atoms with van der Waals surface area (Å²) in [4.78, 5) is 0. The van der Waals surface area contributed by atoms with E-state index < -0.39 is 8.07 Å². The smallest absolute Gasteiger partial charge is 0.0585 e. The van der Waals surface area contributed by atoms with Crippen LogP contribution in [0.2, 0.25) is 19.6 Å². The second kappa shape index (κ2) is 4.72. The molecule has 3 heteroatoms. The van der Waals surface area contributed by atoms with Gasteiger partial charge in [-0.1, -0.05) is 42.2 Å². The van der Waals surface area contributed by atoms with Gasteiger partial charge in [0, 0.05) is 10.2 Å². The van der Waals surface area contributed by atoms with Crippen molar-refractivity contribution in [3.63, 3.8) is 0 Å². The van der Waals surface area contributed by atoms with Crippen molar-refractivity contribution in [2.75, 3.05) is 6.61 Å². The summed E-state index contributed by atoms with van der Waals surface area (Å²) in [6.45, 7) is 7.48. The van der Waals surface area contributed by atoms with Gasteiger partial charge in [-0.25, -0.2) is 0 Å². The van der Waals surface area contributed by atoms with Crippen molar-refractivity contribution in [1.29, 1.82) is 0 Å². The highest BCUT2D eigenvalue weighted by atomic mass is 127. The van der Waals surface area contributed by atoms with Gasteiger partial charge in [0.25, 0.3) is 0 Å². The number of halogens is 1. The normalized spacial score (nSPS) is 15.3. The largest absolute Gasteiger partial charge is 0.396 e. The number of rotatable bonds is 4. The lowest BCUT2D eigenvalue weighted by Gasteiger charge is -2.22. The predicted octanol–water partition coefficient (Wildman–Crippen LogP) is 2.44. The second-order valence-corrected chi connectivity index (χ2v) is 11.8. The minimum Gasteiger partial charge on any atom is -0.396 e. The van der Waals surface area contributed by atoms with Gasteiger partial charge < -0.3 is 5.11 Å². The maximum absolute atomic E-state index is 8.59. The Labute approximate surface area is 78.4 Å². The maximum Gasteiger partial charge on any atom is 0.0585 e. The zero-order valence-corrected chi connectivity index (χ0v) is 10.2. The summed E-state index contributed by atoms with van der Waals surface area (Å²) in [6.07, 6.45) is 2.16. The third-order valence-corrected chi connectivity index (χ3v) is 9.95. The van der Waals surface area contributed by atoms with Crippen LogP contribution in [0.5, 0.6) is 0 Å². The number of alkyl halides is 1. The average molecular weight is 272 g/mol. The molecule has 0 radical (unpaired) electrons. The molecule has 0 aromatic rings. The van der Waals surface area contributed by atoms with Gasteiger partial charge in [-0.3, -0.25) is 0 Å². The van der Waals surface area contributed by atoms with Crippen molar-refractivity contribution in [2.24, 2.45) is 0 Å². The SMILES string of the molecule is C[Si](C)(C)C(I)CCCO. The highest BCUT2D eigenvalue weighted by molar-refractivity contribution is 14.1. The van der Waals surface area contributed by atoms with Crippen molar-refractivity contribution in [3.05, 3.63) is 0 Å². The van der Waals surface area contributed by atoms with Crippen LogP contribution in [-0.2, 0) is 0 Å². The lowest BCUT2D eigenvalue weighted by atomic mass is 10.4. The molecule has 0 bridgehead atoms. The van der Waals surface area contributed by atoms with E-state index in [1.807, 2.05) is 0 Å². The van der Waals surface area contributed by atoms with Gasteiger partial charge in [0.1, 0.15) is 0 Å². The van der Waals surface area contributed by atoms with Crippen LogP contribution in [0.25, 0.3) is 0 Å². The van der Waals surface area contributed by atoms with E-state index in [1.54, 1.807) is 0 Å². The third-order valence-electron chi connectivity index (χ3n) is 1.56. The minimum atomic E-state index is -0.922. The van der Waals surface area contributed by atoms with E-state index in [9.17, 15) is 0 Å². The molecule has 1 atom stereocenters. The average Bonchev–Trinajstić information content (AvgIpc) is 1.80. The molecule has 0 aliphatic carbocycles. The van der Waals surface area contributed by atoms with E-state index in [-0.39, 0.29) is 0 Å². The molecule has 0 aromatic heterocycles. The van der Waals surface area contributed by atoms with Crippen molar-refractivity contribution < 1.29 is 5.11 Å². The van der Waals surface area contributed by atoms with Gasteiger partial charge in [0.05, 0.1) is 8.07 Å². The standard InChI is InChI=1S/C7H17IOSi/c1-10(2,3)7(8)5-4-6-9/h7,9H,4-6H2,1-3H3. The Bertz CT molecular complexity index is 90.1. The first kappa shape index (κ1) is 10.9. The summed E-state index contributed by atoms with van der Waals surface area (Å²) >= 11 is 2.52. The lowest BCUT2D eigenvalue weighted by Crippen LogP contribution is -2.33. The fraction of sp³-hybridized carbons (Fsp3) is 1.00. The minimum absolute atomic E-state index is 0.351. The molecule has 0 aliphatic rings. The highest BCUT2D eigenvalue weighted by Crippen LogP contribution is 2.20. The van der Waals surface area contributed by atoms with Crippen LogP contribution in [0.15, 0.2) is 0 Å². The Morgan fingerprint density at radius 3 is 2.20 bits per heavy atom. The molecule has 1 unspecified atom stereocenters. The van der Waals surface area contributed by atoms with E-state index in [0.717, 1.165) is 9.97 Å². The maximum atomic E-state index is 8.59. The van der Waals surface area contributed by atoms with Crippen LogP contribution >= 0.6 is 22.6 Å². The van der Waals surface area contributed by atoms with Crippen molar-refractivity contribution in [2.45, 2.75) is 36.0 Å². The first-order valence-electron chi connectivity index (χ1n) is 3.73. The van der Waals surface area contributed by atoms with Crippen LogP contribution in [-0.4, -0.2) is 23.3 Å². The Balaban J connectivity index is 3.52. The summed E-state index contributed by atoms with van der Waals surface area (Å²) in [5.41, 5.74) is 0. The van der Waals surface area contributed by atoms with Gasteiger partial charge in [0.2, 0.25) is 0 Å². The molecule has 0 aromatic carbocycles. The molecule has 0 saturated heterocycles. The van der Waals surface area contributed by atoms with Crippen LogP contribution in [0.1, 0.15) is 12.8 Å². The third kappa shape index (κ3) is 4.68. The molecular weight excluding hydrogens is 255 g/mol. The van der Waals surface area contributed by atoms with Gasteiger partial charge in [-0.15, -0.1) is 0 Å². The Hall–Kier alpha value is 0.907. The molecule has 0 fully saturated rings. The second-order valence-electron chi connectivity index (χ2n) is 3.70. The summed E-state index contributed by atoms with van der Waals surface area (Å²) in [6, 6.07) is 0. The molecule has 62 valence electrons. The molecule has 1 nitrogen and oxygen atoms in total. The van der Waals surface area contributed by atoms with Gasteiger partial charge >= 0.3 is 0 Å². The number of aliphatic hydroxyl groups excluding tert-OH is 1. The zero-order chi connectivity index (χ0) is 8.20. The quantitative estimate of drug-likeness (QED) is 0.473. The van der Waals surface area contributed by atoms with E-state index in [4.69, 9.17) is 5.11 Å². The zero-order valence-electron chi connectivity index (χ0n) is 7.02. The van der Waals surface area contributed by atoms with E-state index in [2.05, 4.69) is 42.2 Å². The van der Waals surface area contributed by atoms with E-state index >= 15 is 0 Å². The van der Waals surface area contributed by atoms with Crippen molar-refractivity contribution >= 4 is 30.7 Å². The first-order valence-corrected chi connectivity index (χ1v) is 8.55. The summed E-state index contributed by atoms with van der Waals surface area (Å²) in [7, 11) is -0.922. The number of hydrogen-bond donors (Lipinski definition) is 1. The van der Waals surface area contributed by atoms with Crippen LogP contribution in [0, 0.1) is 0 Å². The molecule has 1 N–H and O–H groups in total. The van der Waals surface area contributed by atoms with Gasteiger partial charge in [-0.05, 0) is 12.8 Å². The topological polar surface area (TPSA) is 20.2 Å². The molecule has 0 amide bonds. The van der Waals surface area contributed by atoms with Gasteiger partial charge in [0.15, 0.2) is 0 Å². The molecule has 0 spiro atoms. The fourth-order valence-corrected chi connectivity index (χ4v) is 2.21. The molecule has 0 rings (SSSR count). The Kier molecular flexibility index (Phi) is 5.15. The fourth-order valence-electron chi connectivity index (χ4n) is 0.704. The van der Waals surface area contributed by atoms with Gasteiger partial charge in [-0.2, -0.15) is 0 Å².